The van der Waals surface area contributed by atoms with E-state index in [1.807, 2.05) is 48.5 Å². The van der Waals surface area contributed by atoms with Crippen molar-refractivity contribution < 1.29 is 4.74 Å². The summed E-state index contributed by atoms with van der Waals surface area (Å²) in [7, 11) is 1.65. The van der Waals surface area contributed by atoms with E-state index >= 15 is 0 Å². The van der Waals surface area contributed by atoms with Crippen molar-refractivity contribution in [2.45, 2.75) is 0 Å². The normalized spacial score (nSPS) is 10.7. The van der Waals surface area contributed by atoms with E-state index in [1.54, 1.807) is 13.3 Å². The van der Waals surface area contributed by atoms with Gasteiger partial charge < -0.3 is 4.74 Å². The number of halogens is 1. The average molecular weight is 246 g/mol. The minimum Gasteiger partial charge on any atom is -0.497 e. The smallest absolute Gasteiger partial charge is 0.118 e. The summed E-state index contributed by atoms with van der Waals surface area (Å²) >= 11 is 5.88. The van der Waals surface area contributed by atoms with Gasteiger partial charge in [-0.1, -0.05) is 17.7 Å². The molecule has 0 aromatic heterocycles. The third-order valence-electron chi connectivity index (χ3n) is 2.29. The Bertz CT molecular complexity index is 520. The molecule has 2 aromatic carbocycles. The van der Waals surface area contributed by atoms with Gasteiger partial charge in [0.2, 0.25) is 0 Å². The quantitative estimate of drug-likeness (QED) is 0.746. The molecular formula is C14H12ClNO. The molecule has 0 aliphatic rings. The molecule has 0 heterocycles. The Morgan fingerprint density at radius 1 is 1.12 bits per heavy atom. The van der Waals surface area contributed by atoms with Crippen molar-refractivity contribution >= 4 is 23.5 Å². The van der Waals surface area contributed by atoms with Crippen LogP contribution in [0.15, 0.2) is 53.5 Å². The third kappa shape index (κ3) is 3.33. The van der Waals surface area contributed by atoms with Gasteiger partial charge in [-0.25, -0.2) is 0 Å². The van der Waals surface area contributed by atoms with Crippen LogP contribution < -0.4 is 4.74 Å². The summed E-state index contributed by atoms with van der Waals surface area (Å²) in [5, 5.41) is 0.689. The number of aliphatic imine (C=N–C) groups is 1. The highest BCUT2D eigenvalue weighted by molar-refractivity contribution is 6.30. The van der Waals surface area contributed by atoms with E-state index in [9.17, 15) is 0 Å². The molecule has 2 aromatic rings. The molecule has 0 aliphatic heterocycles. The molecule has 0 saturated carbocycles. The number of rotatable bonds is 3. The van der Waals surface area contributed by atoms with Crippen LogP contribution in [0.3, 0.4) is 0 Å². The standard InChI is InChI=1S/C14H12ClNO/c1-17-14-7-5-11(6-8-14)10-16-13-4-2-3-12(15)9-13/h2-10H,1H3. The van der Waals surface area contributed by atoms with Crippen molar-refractivity contribution in [1.82, 2.24) is 0 Å². The highest BCUT2D eigenvalue weighted by Crippen LogP contribution is 2.18. The topological polar surface area (TPSA) is 21.6 Å². The molecule has 0 N–H and O–H groups in total. The van der Waals surface area contributed by atoms with E-state index in [2.05, 4.69) is 4.99 Å². The molecule has 0 aliphatic carbocycles. The monoisotopic (exact) mass is 245 g/mol. The van der Waals surface area contributed by atoms with Crippen molar-refractivity contribution in [3.8, 4) is 5.75 Å². The number of hydrogen-bond donors (Lipinski definition) is 0. The van der Waals surface area contributed by atoms with Crippen molar-refractivity contribution in [3.63, 3.8) is 0 Å². The van der Waals surface area contributed by atoms with Gasteiger partial charge in [0.05, 0.1) is 12.8 Å². The second-order valence-electron chi connectivity index (χ2n) is 3.51. The van der Waals surface area contributed by atoms with E-state index < -0.39 is 0 Å². The Morgan fingerprint density at radius 2 is 1.88 bits per heavy atom. The maximum absolute atomic E-state index is 5.88. The Balaban J connectivity index is 2.14. The number of ether oxygens (including phenoxy) is 1. The van der Waals surface area contributed by atoms with E-state index in [-0.39, 0.29) is 0 Å². The van der Waals surface area contributed by atoms with Crippen LogP contribution >= 0.6 is 11.6 Å². The average Bonchev–Trinajstić information content (AvgIpc) is 2.37. The van der Waals surface area contributed by atoms with E-state index in [1.165, 1.54) is 0 Å². The summed E-state index contributed by atoms with van der Waals surface area (Å²) in [6.45, 7) is 0. The molecule has 2 nitrogen and oxygen atoms in total. The van der Waals surface area contributed by atoms with Gasteiger partial charge in [-0.3, -0.25) is 4.99 Å². The minimum absolute atomic E-state index is 0.689. The predicted molar refractivity (Wildman–Crippen MR) is 71.7 cm³/mol. The molecule has 0 atom stereocenters. The van der Waals surface area contributed by atoms with Crippen LogP contribution in [0.25, 0.3) is 0 Å². The lowest BCUT2D eigenvalue weighted by Crippen LogP contribution is -1.84. The van der Waals surface area contributed by atoms with Crippen LogP contribution in [0, 0.1) is 0 Å². The second kappa shape index (κ2) is 5.51. The van der Waals surface area contributed by atoms with Gasteiger partial charge in [0.25, 0.3) is 0 Å². The number of hydrogen-bond acceptors (Lipinski definition) is 2. The van der Waals surface area contributed by atoms with Crippen LogP contribution in [-0.4, -0.2) is 13.3 Å². The molecule has 0 radical (unpaired) electrons. The number of methoxy groups -OCH3 is 1. The first-order chi connectivity index (χ1) is 8.28. The summed E-state index contributed by atoms with van der Waals surface area (Å²) in [6, 6.07) is 15.1. The summed E-state index contributed by atoms with van der Waals surface area (Å²) in [4.78, 5) is 4.34. The summed E-state index contributed by atoms with van der Waals surface area (Å²) in [5.74, 6) is 0.838. The van der Waals surface area contributed by atoms with E-state index in [4.69, 9.17) is 16.3 Å². The van der Waals surface area contributed by atoms with Crippen molar-refractivity contribution in [1.29, 1.82) is 0 Å². The molecule has 86 valence electrons. The maximum atomic E-state index is 5.88. The van der Waals surface area contributed by atoms with Gasteiger partial charge in [-0.15, -0.1) is 0 Å². The Labute approximate surface area is 106 Å². The zero-order chi connectivity index (χ0) is 12.1. The first kappa shape index (κ1) is 11.7. The molecule has 3 heteroatoms. The summed E-state index contributed by atoms with van der Waals surface area (Å²) < 4.78 is 5.09. The minimum atomic E-state index is 0.689. The lowest BCUT2D eigenvalue weighted by atomic mass is 10.2. The zero-order valence-corrected chi connectivity index (χ0v) is 10.2. The summed E-state index contributed by atoms with van der Waals surface area (Å²) in [6.07, 6.45) is 1.80. The van der Waals surface area contributed by atoms with Crippen LogP contribution in [0.5, 0.6) is 5.75 Å². The number of benzene rings is 2. The fourth-order valence-electron chi connectivity index (χ4n) is 1.40. The van der Waals surface area contributed by atoms with Crippen molar-refractivity contribution in [2.24, 2.45) is 4.99 Å². The predicted octanol–water partition coefficient (Wildman–Crippen LogP) is 4.10. The first-order valence-electron chi connectivity index (χ1n) is 5.21. The first-order valence-corrected chi connectivity index (χ1v) is 5.59. The van der Waals surface area contributed by atoms with Gasteiger partial charge in [-0.2, -0.15) is 0 Å². The summed E-state index contributed by atoms with van der Waals surface area (Å²) in [5.41, 5.74) is 1.86. The second-order valence-corrected chi connectivity index (χ2v) is 3.95. The lowest BCUT2D eigenvalue weighted by Gasteiger charge is -1.99. The van der Waals surface area contributed by atoms with Gasteiger partial charge in [-0.05, 0) is 48.0 Å². The molecule has 17 heavy (non-hydrogen) atoms. The highest BCUT2D eigenvalue weighted by Gasteiger charge is 1.92. The molecule has 0 amide bonds. The van der Waals surface area contributed by atoms with Crippen LogP contribution in [0.2, 0.25) is 5.02 Å². The van der Waals surface area contributed by atoms with E-state index in [0.29, 0.717) is 5.02 Å². The Morgan fingerprint density at radius 3 is 2.53 bits per heavy atom. The van der Waals surface area contributed by atoms with E-state index in [0.717, 1.165) is 17.0 Å². The van der Waals surface area contributed by atoms with Gasteiger partial charge in [0.15, 0.2) is 0 Å². The fourth-order valence-corrected chi connectivity index (χ4v) is 1.58. The highest BCUT2D eigenvalue weighted by atomic mass is 35.5. The maximum Gasteiger partial charge on any atom is 0.118 e. The molecule has 0 bridgehead atoms. The van der Waals surface area contributed by atoms with Crippen LogP contribution in [0.1, 0.15) is 5.56 Å². The van der Waals surface area contributed by atoms with Crippen molar-refractivity contribution in [3.05, 3.63) is 59.1 Å². The third-order valence-corrected chi connectivity index (χ3v) is 2.52. The molecular weight excluding hydrogens is 234 g/mol. The SMILES string of the molecule is COc1ccc(C=Nc2cccc(Cl)c2)cc1. The number of nitrogens with zero attached hydrogens (tertiary/aromatic N) is 1. The van der Waals surface area contributed by atoms with Crippen LogP contribution in [0.4, 0.5) is 5.69 Å². The molecule has 0 unspecified atom stereocenters. The zero-order valence-electron chi connectivity index (χ0n) is 9.43. The van der Waals surface area contributed by atoms with Gasteiger partial charge in [0, 0.05) is 11.2 Å². The fraction of sp³-hybridized carbons (Fsp3) is 0.0714. The molecule has 0 fully saturated rings. The largest absolute Gasteiger partial charge is 0.497 e. The molecule has 2 rings (SSSR count). The lowest BCUT2D eigenvalue weighted by molar-refractivity contribution is 0.415. The van der Waals surface area contributed by atoms with Gasteiger partial charge in [0.1, 0.15) is 5.75 Å². The van der Waals surface area contributed by atoms with Crippen LogP contribution in [-0.2, 0) is 0 Å². The van der Waals surface area contributed by atoms with Crippen molar-refractivity contribution in [2.75, 3.05) is 7.11 Å². The van der Waals surface area contributed by atoms with Gasteiger partial charge >= 0.3 is 0 Å². The molecule has 0 saturated heterocycles. The Hall–Kier alpha value is -1.80. The Kier molecular flexibility index (Phi) is 3.78. The molecule has 0 spiro atoms.